The first-order valence-electron chi connectivity index (χ1n) is 11.7. The molecule has 0 spiro atoms. The molecule has 35 heavy (non-hydrogen) atoms. The largest absolute Gasteiger partial charge is 0.497 e. The highest BCUT2D eigenvalue weighted by Crippen LogP contribution is 2.34. The van der Waals surface area contributed by atoms with E-state index in [2.05, 4.69) is 34.3 Å². The van der Waals surface area contributed by atoms with E-state index >= 15 is 0 Å². The SMILES string of the molecule is COc1ccc(C2=C(Nc3ccc(N4CCN(C)CC4)cc3)C(=O)N(c3ccccc3)C2=O)cc1. The summed E-state index contributed by atoms with van der Waals surface area (Å²) >= 11 is 0. The maximum absolute atomic E-state index is 13.5. The number of methoxy groups -OCH3 is 1. The Balaban J connectivity index is 1.47. The van der Waals surface area contributed by atoms with E-state index in [4.69, 9.17) is 4.74 Å². The molecule has 0 radical (unpaired) electrons. The van der Waals surface area contributed by atoms with Gasteiger partial charge in [0.05, 0.1) is 18.4 Å². The van der Waals surface area contributed by atoms with Gasteiger partial charge in [0.1, 0.15) is 11.4 Å². The topological polar surface area (TPSA) is 65.1 Å². The number of imide groups is 1. The van der Waals surface area contributed by atoms with E-state index in [0.717, 1.165) is 37.6 Å². The second-order valence-corrected chi connectivity index (χ2v) is 8.72. The van der Waals surface area contributed by atoms with Gasteiger partial charge < -0.3 is 19.9 Å². The highest BCUT2D eigenvalue weighted by molar-refractivity contribution is 6.46. The lowest BCUT2D eigenvalue weighted by atomic mass is 10.0. The van der Waals surface area contributed by atoms with Gasteiger partial charge in [0.2, 0.25) is 0 Å². The molecule has 1 fully saturated rings. The van der Waals surface area contributed by atoms with Gasteiger partial charge in [-0.05, 0) is 61.1 Å². The minimum absolute atomic E-state index is 0.261. The number of carbonyl (C=O) groups is 2. The average Bonchev–Trinajstić information content (AvgIpc) is 3.14. The summed E-state index contributed by atoms with van der Waals surface area (Å²) in [6.45, 7) is 4.03. The van der Waals surface area contributed by atoms with Crippen molar-refractivity contribution in [2.24, 2.45) is 0 Å². The Labute approximate surface area is 205 Å². The molecule has 0 aromatic heterocycles. The second kappa shape index (κ2) is 9.64. The van der Waals surface area contributed by atoms with Gasteiger partial charge >= 0.3 is 0 Å². The first-order valence-corrected chi connectivity index (χ1v) is 11.7. The Kier molecular flexibility index (Phi) is 6.25. The minimum atomic E-state index is -0.379. The van der Waals surface area contributed by atoms with Crippen molar-refractivity contribution in [1.82, 2.24) is 4.90 Å². The maximum atomic E-state index is 13.5. The molecule has 7 heteroatoms. The Hall–Kier alpha value is -4.10. The van der Waals surface area contributed by atoms with E-state index in [0.29, 0.717) is 22.6 Å². The number of hydrogen-bond donors (Lipinski definition) is 1. The van der Waals surface area contributed by atoms with E-state index < -0.39 is 0 Å². The zero-order chi connectivity index (χ0) is 24.4. The number of benzene rings is 3. The highest BCUT2D eigenvalue weighted by atomic mass is 16.5. The number of ether oxygens (including phenoxy) is 1. The fourth-order valence-electron chi connectivity index (χ4n) is 4.45. The van der Waals surface area contributed by atoms with E-state index in [1.165, 1.54) is 4.90 Å². The van der Waals surface area contributed by atoms with Crippen LogP contribution in [0.3, 0.4) is 0 Å². The standard InChI is InChI=1S/C28H28N4O3/c1-30-16-18-31(19-17-30)22-12-10-21(11-13-22)29-26-25(20-8-14-24(35-2)15-9-20)27(33)32(28(26)34)23-6-4-3-5-7-23/h3-15,29H,16-19H2,1-2H3. The predicted molar refractivity (Wildman–Crippen MR) is 139 cm³/mol. The van der Waals surface area contributed by atoms with Crippen molar-refractivity contribution < 1.29 is 14.3 Å². The molecular formula is C28H28N4O3. The Morgan fingerprint density at radius 2 is 1.40 bits per heavy atom. The van der Waals surface area contributed by atoms with Crippen LogP contribution < -0.4 is 19.9 Å². The molecule has 0 bridgehead atoms. The van der Waals surface area contributed by atoms with Crippen LogP contribution in [0.15, 0.2) is 84.6 Å². The van der Waals surface area contributed by atoms with Gasteiger partial charge in [-0.3, -0.25) is 9.59 Å². The molecule has 3 aromatic carbocycles. The molecule has 2 aliphatic rings. The van der Waals surface area contributed by atoms with Crippen LogP contribution in [0.4, 0.5) is 17.1 Å². The van der Waals surface area contributed by atoms with Gasteiger partial charge in [0.25, 0.3) is 11.8 Å². The third-order valence-electron chi connectivity index (χ3n) is 6.48. The van der Waals surface area contributed by atoms with Gasteiger partial charge in [-0.25, -0.2) is 4.90 Å². The van der Waals surface area contributed by atoms with Crippen LogP contribution in [-0.2, 0) is 9.59 Å². The number of anilines is 3. The Morgan fingerprint density at radius 3 is 2.03 bits per heavy atom. The number of para-hydroxylation sites is 1. The summed E-state index contributed by atoms with van der Waals surface area (Å²) in [6, 6.07) is 24.2. The van der Waals surface area contributed by atoms with Crippen LogP contribution in [-0.4, -0.2) is 57.1 Å². The molecule has 2 aliphatic heterocycles. The lowest BCUT2D eigenvalue weighted by Crippen LogP contribution is -2.44. The number of hydrogen-bond acceptors (Lipinski definition) is 6. The normalized spacial score (nSPS) is 16.7. The molecule has 7 nitrogen and oxygen atoms in total. The Morgan fingerprint density at radius 1 is 0.743 bits per heavy atom. The van der Waals surface area contributed by atoms with E-state index in [1.54, 1.807) is 43.5 Å². The number of piperazine rings is 1. The summed E-state index contributed by atoms with van der Waals surface area (Å²) in [5.74, 6) is -0.0573. The number of carbonyl (C=O) groups excluding carboxylic acids is 2. The molecule has 3 aromatic rings. The van der Waals surface area contributed by atoms with E-state index in [9.17, 15) is 9.59 Å². The molecule has 5 rings (SSSR count). The predicted octanol–water partition coefficient (Wildman–Crippen LogP) is 3.84. The molecule has 0 aliphatic carbocycles. The van der Waals surface area contributed by atoms with Crippen molar-refractivity contribution in [3.05, 3.63) is 90.1 Å². The molecule has 0 unspecified atom stereocenters. The molecule has 0 saturated carbocycles. The quantitative estimate of drug-likeness (QED) is 0.555. The van der Waals surface area contributed by atoms with Crippen LogP contribution >= 0.6 is 0 Å². The first-order chi connectivity index (χ1) is 17.0. The number of nitrogens with zero attached hydrogens (tertiary/aromatic N) is 3. The third kappa shape index (κ3) is 4.50. The number of rotatable bonds is 6. The van der Waals surface area contributed by atoms with Gasteiger partial charge in [-0.2, -0.15) is 0 Å². The summed E-state index contributed by atoms with van der Waals surface area (Å²) in [5.41, 5.74) is 3.68. The molecular weight excluding hydrogens is 440 g/mol. The molecule has 178 valence electrons. The third-order valence-corrected chi connectivity index (χ3v) is 6.48. The zero-order valence-corrected chi connectivity index (χ0v) is 19.9. The van der Waals surface area contributed by atoms with Gasteiger partial charge in [-0.15, -0.1) is 0 Å². The fraction of sp³-hybridized carbons (Fsp3) is 0.214. The van der Waals surface area contributed by atoms with Gasteiger partial charge in [-0.1, -0.05) is 30.3 Å². The zero-order valence-electron chi connectivity index (χ0n) is 19.9. The average molecular weight is 469 g/mol. The van der Waals surface area contributed by atoms with Crippen LogP contribution in [0, 0.1) is 0 Å². The van der Waals surface area contributed by atoms with E-state index in [1.807, 2.05) is 30.3 Å². The van der Waals surface area contributed by atoms with Crippen LogP contribution in [0.25, 0.3) is 5.57 Å². The van der Waals surface area contributed by atoms with E-state index in [-0.39, 0.29) is 17.5 Å². The highest BCUT2D eigenvalue weighted by Gasteiger charge is 2.40. The van der Waals surface area contributed by atoms with Crippen molar-refractivity contribution in [3.63, 3.8) is 0 Å². The molecule has 1 saturated heterocycles. The summed E-state index contributed by atoms with van der Waals surface area (Å²) < 4.78 is 5.26. The van der Waals surface area contributed by atoms with Crippen molar-refractivity contribution in [2.45, 2.75) is 0 Å². The van der Waals surface area contributed by atoms with Crippen LogP contribution in [0.5, 0.6) is 5.75 Å². The lowest BCUT2D eigenvalue weighted by molar-refractivity contribution is -0.120. The smallest absolute Gasteiger partial charge is 0.282 e. The molecule has 2 heterocycles. The lowest BCUT2D eigenvalue weighted by Gasteiger charge is -2.34. The second-order valence-electron chi connectivity index (χ2n) is 8.72. The number of amides is 2. The maximum Gasteiger partial charge on any atom is 0.282 e. The molecule has 1 N–H and O–H groups in total. The monoisotopic (exact) mass is 468 g/mol. The van der Waals surface area contributed by atoms with Crippen molar-refractivity contribution in [2.75, 3.05) is 55.5 Å². The van der Waals surface area contributed by atoms with Gasteiger partial charge in [0, 0.05) is 37.6 Å². The molecule has 0 atom stereocenters. The summed E-state index contributed by atoms with van der Waals surface area (Å²) in [5, 5.41) is 3.24. The molecule has 2 amide bonds. The summed E-state index contributed by atoms with van der Waals surface area (Å²) in [7, 11) is 3.73. The number of likely N-dealkylation sites (N-methyl/N-ethyl adjacent to an activating group) is 1. The summed E-state index contributed by atoms with van der Waals surface area (Å²) in [6.07, 6.45) is 0. The fourth-order valence-corrected chi connectivity index (χ4v) is 4.45. The first kappa shape index (κ1) is 22.7. The van der Waals surface area contributed by atoms with Crippen molar-refractivity contribution >= 4 is 34.4 Å². The van der Waals surface area contributed by atoms with Crippen molar-refractivity contribution in [3.8, 4) is 5.75 Å². The van der Waals surface area contributed by atoms with Crippen LogP contribution in [0.2, 0.25) is 0 Å². The number of nitrogens with one attached hydrogen (secondary N) is 1. The Bertz CT molecular complexity index is 1250. The minimum Gasteiger partial charge on any atom is -0.497 e. The van der Waals surface area contributed by atoms with Gasteiger partial charge in [0.15, 0.2) is 0 Å². The summed E-state index contributed by atoms with van der Waals surface area (Å²) in [4.78, 5) is 32.9. The van der Waals surface area contributed by atoms with Crippen molar-refractivity contribution in [1.29, 1.82) is 0 Å². The van der Waals surface area contributed by atoms with Crippen LogP contribution in [0.1, 0.15) is 5.56 Å².